The van der Waals surface area contributed by atoms with Gasteiger partial charge in [0.15, 0.2) is 0 Å². The van der Waals surface area contributed by atoms with Crippen molar-refractivity contribution in [2.75, 3.05) is 7.05 Å². The Kier molecular flexibility index (Phi) is 3.31. The van der Waals surface area contributed by atoms with Crippen molar-refractivity contribution < 1.29 is 9.53 Å². The Hall–Kier alpha value is -2.82. The molecule has 1 aromatic carbocycles. The predicted octanol–water partition coefficient (Wildman–Crippen LogP) is 3.03. The van der Waals surface area contributed by atoms with Crippen molar-refractivity contribution >= 4 is 11.7 Å². The highest BCUT2D eigenvalue weighted by atomic mass is 16.5. The van der Waals surface area contributed by atoms with E-state index in [2.05, 4.69) is 10.3 Å². The van der Waals surface area contributed by atoms with Crippen molar-refractivity contribution in [2.24, 2.45) is 0 Å². The largest absolute Gasteiger partial charge is 0.412 e. The fraction of sp³-hybridized carbons (Fsp3) is 0.125. The molecule has 2 aromatic heterocycles. The zero-order valence-electron chi connectivity index (χ0n) is 11.8. The number of fused-ring (bicyclic) bond motifs is 1. The van der Waals surface area contributed by atoms with Gasteiger partial charge in [0.25, 0.3) is 0 Å². The number of pyridine rings is 1. The number of rotatable bonds is 2. The summed E-state index contributed by atoms with van der Waals surface area (Å²) in [4.78, 5) is 15.8. The molecule has 0 spiro atoms. The standard InChI is InChI=1S/C16H15N3O2/c1-11-6-7-15-18-14(10-19(15)9-11)12-4-3-5-13(8-12)21-16(20)17-2/h3-10H,1-2H3,(H,17,20). The maximum absolute atomic E-state index is 11.3. The van der Waals surface area contributed by atoms with Gasteiger partial charge in [-0.05, 0) is 30.7 Å². The van der Waals surface area contributed by atoms with Gasteiger partial charge in [0.05, 0.1) is 5.69 Å². The van der Waals surface area contributed by atoms with Crippen molar-refractivity contribution in [2.45, 2.75) is 6.92 Å². The first-order chi connectivity index (χ1) is 10.2. The normalized spacial score (nSPS) is 10.6. The molecule has 106 valence electrons. The van der Waals surface area contributed by atoms with Gasteiger partial charge in [0.1, 0.15) is 11.4 Å². The Balaban J connectivity index is 1.98. The molecule has 0 fully saturated rings. The third-order valence-corrected chi connectivity index (χ3v) is 3.14. The molecule has 0 unspecified atom stereocenters. The summed E-state index contributed by atoms with van der Waals surface area (Å²) in [7, 11) is 1.52. The van der Waals surface area contributed by atoms with Gasteiger partial charge in [-0.1, -0.05) is 18.2 Å². The minimum absolute atomic E-state index is 0.486. The van der Waals surface area contributed by atoms with E-state index in [0.717, 1.165) is 16.9 Å². The van der Waals surface area contributed by atoms with Gasteiger partial charge in [-0.3, -0.25) is 0 Å². The zero-order valence-corrected chi connectivity index (χ0v) is 11.8. The van der Waals surface area contributed by atoms with Crippen LogP contribution >= 0.6 is 0 Å². The van der Waals surface area contributed by atoms with E-state index in [1.165, 1.54) is 12.6 Å². The number of ether oxygens (including phenoxy) is 1. The summed E-state index contributed by atoms with van der Waals surface area (Å²) in [6.07, 6.45) is 3.50. The maximum Gasteiger partial charge on any atom is 0.412 e. The van der Waals surface area contributed by atoms with E-state index in [-0.39, 0.29) is 0 Å². The molecule has 0 radical (unpaired) electrons. The molecule has 1 N–H and O–H groups in total. The first-order valence-corrected chi connectivity index (χ1v) is 6.61. The molecule has 0 atom stereocenters. The molecule has 21 heavy (non-hydrogen) atoms. The lowest BCUT2D eigenvalue weighted by atomic mass is 10.1. The summed E-state index contributed by atoms with van der Waals surface area (Å²) in [5, 5.41) is 2.42. The van der Waals surface area contributed by atoms with E-state index in [9.17, 15) is 4.79 Å². The molecule has 0 saturated carbocycles. The summed E-state index contributed by atoms with van der Waals surface area (Å²) in [5.41, 5.74) is 3.79. The van der Waals surface area contributed by atoms with Crippen molar-refractivity contribution in [1.29, 1.82) is 0 Å². The van der Waals surface area contributed by atoms with Crippen molar-refractivity contribution in [3.05, 3.63) is 54.4 Å². The highest BCUT2D eigenvalue weighted by molar-refractivity contribution is 5.71. The van der Waals surface area contributed by atoms with E-state index < -0.39 is 6.09 Å². The number of carbonyl (C=O) groups is 1. The molecule has 0 bridgehead atoms. The minimum Gasteiger partial charge on any atom is -0.410 e. The molecule has 0 aliphatic heterocycles. The molecule has 5 nitrogen and oxygen atoms in total. The van der Waals surface area contributed by atoms with Gasteiger partial charge in [-0.15, -0.1) is 0 Å². The number of aryl methyl sites for hydroxylation is 1. The number of imidazole rings is 1. The Morgan fingerprint density at radius 2 is 2.10 bits per heavy atom. The van der Waals surface area contributed by atoms with Crippen LogP contribution in [-0.2, 0) is 0 Å². The second-order valence-electron chi connectivity index (χ2n) is 4.77. The van der Waals surface area contributed by atoms with Crippen LogP contribution in [0.2, 0.25) is 0 Å². The molecule has 2 heterocycles. The van der Waals surface area contributed by atoms with Gasteiger partial charge in [0.2, 0.25) is 0 Å². The molecule has 3 aromatic rings. The number of hydrogen-bond donors (Lipinski definition) is 1. The first-order valence-electron chi connectivity index (χ1n) is 6.61. The SMILES string of the molecule is CNC(=O)Oc1cccc(-c2cn3cc(C)ccc3n2)c1. The Morgan fingerprint density at radius 1 is 1.24 bits per heavy atom. The van der Waals surface area contributed by atoms with Crippen LogP contribution in [0.5, 0.6) is 5.75 Å². The number of amides is 1. The van der Waals surface area contributed by atoms with Crippen LogP contribution in [0.1, 0.15) is 5.56 Å². The quantitative estimate of drug-likeness (QED) is 0.785. The zero-order chi connectivity index (χ0) is 14.8. The van der Waals surface area contributed by atoms with Crippen molar-refractivity contribution in [3.63, 3.8) is 0 Å². The second-order valence-corrected chi connectivity index (χ2v) is 4.77. The molecule has 0 saturated heterocycles. The van der Waals surface area contributed by atoms with Gasteiger partial charge < -0.3 is 14.5 Å². The number of carbonyl (C=O) groups excluding carboxylic acids is 1. The average molecular weight is 281 g/mol. The lowest BCUT2D eigenvalue weighted by molar-refractivity contribution is 0.203. The van der Waals surface area contributed by atoms with E-state index in [1.54, 1.807) is 12.1 Å². The van der Waals surface area contributed by atoms with E-state index in [0.29, 0.717) is 5.75 Å². The van der Waals surface area contributed by atoms with Crippen LogP contribution in [0, 0.1) is 6.92 Å². The number of benzene rings is 1. The fourth-order valence-electron chi connectivity index (χ4n) is 2.12. The lowest BCUT2D eigenvalue weighted by Gasteiger charge is -2.04. The van der Waals surface area contributed by atoms with Crippen LogP contribution in [0.25, 0.3) is 16.9 Å². The topological polar surface area (TPSA) is 55.6 Å². The number of nitrogens with one attached hydrogen (secondary N) is 1. The van der Waals surface area contributed by atoms with Gasteiger partial charge in [0, 0.05) is 25.0 Å². The number of hydrogen-bond acceptors (Lipinski definition) is 3. The third-order valence-electron chi connectivity index (χ3n) is 3.14. The smallest absolute Gasteiger partial charge is 0.410 e. The fourth-order valence-corrected chi connectivity index (χ4v) is 2.12. The Bertz CT molecular complexity index is 808. The highest BCUT2D eigenvalue weighted by Crippen LogP contribution is 2.24. The lowest BCUT2D eigenvalue weighted by Crippen LogP contribution is -2.21. The summed E-state index contributed by atoms with van der Waals surface area (Å²) in [6, 6.07) is 11.3. The average Bonchev–Trinajstić information content (AvgIpc) is 2.90. The number of aromatic nitrogens is 2. The van der Waals surface area contributed by atoms with Gasteiger partial charge >= 0.3 is 6.09 Å². The van der Waals surface area contributed by atoms with Crippen LogP contribution in [-0.4, -0.2) is 22.5 Å². The number of nitrogens with zero attached hydrogens (tertiary/aromatic N) is 2. The van der Waals surface area contributed by atoms with E-state index in [4.69, 9.17) is 4.74 Å². The van der Waals surface area contributed by atoms with Crippen LogP contribution in [0.15, 0.2) is 48.8 Å². The molecule has 1 amide bonds. The minimum atomic E-state index is -0.488. The summed E-state index contributed by atoms with van der Waals surface area (Å²) in [5.74, 6) is 0.486. The Labute approximate surface area is 122 Å². The molecule has 5 heteroatoms. The summed E-state index contributed by atoms with van der Waals surface area (Å²) in [6.45, 7) is 2.04. The second kappa shape index (κ2) is 5.28. The monoisotopic (exact) mass is 281 g/mol. The van der Waals surface area contributed by atoms with Crippen molar-refractivity contribution in [1.82, 2.24) is 14.7 Å². The van der Waals surface area contributed by atoms with Crippen molar-refractivity contribution in [3.8, 4) is 17.0 Å². The third kappa shape index (κ3) is 2.72. The van der Waals surface area contributed by atoms with Crippen LogP contribution in [0.4, 0.5) is 4.79 Å². The predicted molar refractivity (Wildman–Crippen MR) is 80.4 cm³/mol. The molecule has 0 aliphatic carbocycles. The van der Waals surface area contributed by atoms with Crippen LogP contribution in [0.3, 0.4) is 0 Å². The first kappa shape index (κ1) is 13.2. The van der Waals surface area contributed by atoms with E-state index >= 15 is 0 Å². The van der Waals surface area contributed by atoms with Crippen LogP contribution < -0.4 is 10.1 Å². The summed E-state index contributed by atoms with van der Waals surface area (Å²) >= 11 is 0. The summed E-state index contributed by atoms with van der Waals surface area (Å²) < 4.78 is 7.12. The molecular weight excluding hydrogens is 266 g/mol. The highest BCUT2D eigenvalue weighted by Gasteiger charge is 2.07. The van der Waals surface area contributed by atoms with E-state index in [1.807, 2.05) is 48.0 Å². The molecular formula is C16H15N3O2. The van der Waals surface area contributed by atoms with Gasteiger partial charge in [-0.2, -0.15) is 0 Å². The molecule has 3 rings (SSSR count). The Morgan fingerprint density at radius 3 is 2.90 bits per heavy atom. The molecule has 0 aliphatic rings. The maximum atomic E-state index is 11.3. The van der Waals surface area contributed by atoms with Gasteiger partial charge in [-0.25, -0.2) is 9.78 Å².